The van der Waals surface area contributed by atoms with Crippen LogP contribution in [-0.2, 0) is 6.42 Å². The number of aromatic nitrogens is 2. The number of fused-ring (bicyclic) bond motifs is 1. The first-order valence-corrected chi connectivity index (χ1v) is 9.11. The topological polar surface area (TPSA) is 94.6 Å². The van der Waals surface area contributed by atoms with Gasteiger partial charge in [-0.3, -0.25) is 4.79 Å². The highest BCUT2D eigenvalue weighted by Gasteiger charge is 2.14. The van der Waals surface area contributed by atoms with E-state index >= 15 is 0 Å². The number of methoxy groups -OCH3 is 1. The average molecular weight is 392 g/mol. The minimum Gasteiger partial charge on any atom is -0.497 e. The van der Waals surface area contributed by atoms with Crippen molar-refractivity contribution < 1.29 is 19.0 Å². The van der Waals surface area contributed by atoms with Crippen molar-refractivity contribution in [2.75, 3.05) is 25.8 Å². The number of hydrogen-bond donors (Lipinski definition) is 2. The number of nitrogens with one attached hydrogen (secondary N) is 2. The van der Waals surface area contributed by atoms with Crippen LogP contribution in [0.3, 0.4) is 0 Å². The number of amides is 1. The Hall–Kier alpha value is -3.81. The summed E-state index contributed by atoms with van der Waals surface area (Å²) < 4.78 is 15.8. The molecule has 0 saturated carbocycles. The van der Waals surface area contributed by atoms with Crippen LogP contribution in [0.1, 0.15) is 16.1 Å². The molecule has 1 amide bonds. The van der Waals surface area contributed by atoms with Crippen LogP contribution in [0.4, 0.5) is 11.5 Å². The lowest BCUT2D eigenvalue weighted by atomic mass is 10.1. The molecule has 148 valence electrons. The van der Waals surface area contributed by atoms with Crippen molar-refractivity contribution in [2.45, 2.75) is 6.42 Å². The Kier molecular flexibility index (Phi) is 5.42. The zero-order valence-electron chi connectivity index (χ0n) is 15.8. The van der Waals surface area contributed by atoms with Gasteiger partial charge in [0, 0.05) is 24.4 Å². The lowest BCUT2D eigenvalue weighted by Crippen LogP contribution is -2.26. The SMILES string of the molecule is COc1ccc(CCNC(=O)c2cc(Nc3ccc4c(c3)OCO4)ncn2)cc1. The van der Waals surface area contributed by atoms with E-state index in [0.29, 0.717) is 30.3 Å². The third-order valence-corrected chi connectivity index (χ3v) is 4.40. The summed E-state index contributed by atoms with van der Waals surface area (Å²) in [5.41, 5.74) is 2.18. The minimum absolute atomic E-state index is 0.215. The lowest BCUT2D eigenvalue weighted by Gasteiger charge is -2.08. The second-order valence-electron chi connectivity index (χ2n) is 6.34. The van der Waals surface area contributed by atoms with Gasteiger partial charge in [0.25, 0.3) is 5.91 Å². The zero-order chi connectivity index (χ0) is 20.1. The van der Waals surface area contributed by atoms with Crippen LogP contribution in [0.2, 0.25) is 0 Å². The molecule has 0 bridgehead atoms. The number of benzene rings is 2. The van der Waals surface area contributed by atoms with Crippen molar-refractivity contribution >= 4 is 17.4 Å². The van der Waals surface area contributed by atoms with Gasteiger partial charge in [-0.15, -0.1) is 0 Å². The summed E-state index contributed by atoms with van der Waals surface area (Å²) in [4.78, 5) is 20.6. The highest BCUT2D eigenvalue weighted by Crippen LogP contribution is 2.34. The summed E-state index contributed by atoms with van der Waals surface area (Å²) >= 11 is 0. The smallest absolute Gasteiger partial charge is 0.270 e. The summed E-state index contributed by atoms with van der Waals surface area (Å²) in [5, 5.41) is 6.02. The maximum atomic E-state index is 12.4. The second-order valence-corrected chi connectivity index (χ2v) is 6.34. The van der Waals surface area contributed by atoms with Gasteiger partial charge < -0.3 is 24.8 Å². The van der Waals surface area contributed by atoms with Gasteiger partial charge in [0.15, 0.2) is 11.5 Å². The van der Waals surface area contributed by atoms with Gasteiger partial charge in [0.05, 0.1) is 7.11 Å². The van der Waals surface area contributed by atoms with Crippen molar-refractivity contribution in [1.29, 1.82) is 0 Å². The molecule has 4 rings (SSSR count). The Morgan fingerprint density at radius 3 is 2.72 bits per heavy atom. The first kappa shape index (κ1) is 18.5. The van der Waals surface area contributed by atoms with E-state index in [1.165, 1.54) is 6.33 Å². The molecular weight excluding hydrogens is 372 g/mol. The number of carbonyl (C=O) groups excluding carboxylic acids is 1. The Morgan fingerprint density at radius 2 is 1.90 bits per heavy atom. The molecule has 2 heterocycles. The van der Waals surface area contributed by atoms with Gasteiger partial charge in [-0.1, -0.05) is 12.1 Å². The number of carbonyl (C=O) groups is 1. The number of ether oxygens (including phenoxy) is 3. The number of rotatable bonds is 7. The third kappa shape index (κ3) is 4.55. The first-order chi connectivity index (χ1) is 14.2. The Morgan fingerprint density at radius 1 is 1.07 bits per heavy atom. The Bertz CT molecular complexity index is 1010. The number of nitrogens with zero attached hydrogens (tertiary/aromatic N) is 2. The van der Waals surface area contributed by atoms with Crippen molar-refractivity contribution in [3.8, 4) is 17.2 Å². The summed E-state index contributed by atoms with van der Waals surface area (Å²) in [7, 11) is 1.63. The standard InChI is InChI=1S/C21H20N4O4/c1-27-16-5-2-14(3-6-16)8-9-22-21(26)17-11-20(24-12-23-17)25-15-4-7-18-19(10-15)29-13-28-18/h2-7,10-12H,8-9,13H2,1H3,(H,22,26)(H,23,24,25). The predicted molar refractivity (Wildman–Crippen MR) is 107 cm³/mol. The lowest BCUT2D eigenvalue weighted by molar-refractivity contribution is 0.0949. The highest BCUT2D eigenvalue weighted by molar-refractivity contribution is 5.93. The Balaban J connectivity index is 1.34. The molecule has 0 unspecified atom stereocenters. The predicted octanol–water partition coefficient (Wildman–Crippen LogP) is 2.93. The highest BCUT2D eigenvalue weighted by atomic mass is 16.7. The summed E-state index contributed by atoms with van der Waals surface area (Å²) in [5.74, 6) is 2.44. The fourth-order valence-electron chi connectivity index (χ4n) is 2.88. The van der Waals surface area contributed by atoms with Crippen LogP contribution >= 0.6 is 0 Å². The summed E-state index contributed by atoms with van der Waals surface area (Å²) in [6.45, 7) is 0.716. The fourth-order valence-corrected chi connectivity index (χ4v) is 2.88. The maximum Gasteiger partial charge on any atom is 0.270 e. The van der Waals surface area contributed by atoms with Crippen LogP contribution in [0.25, 0.3) is 0 Å². The molecule has 8 nitrogen and oxygen atoms in total. The average Bonchev–Trinajstić information content (AvgIpc) is 3.22. The van der Waals surface area contributed by atoms with E-state index in [1.54, 1.807) is 13.2 Å². The van der Waals surface area contributed by atoms with E-state index in [0.717, 1.165) is 17.0 Å². The number of hydrogen-bond acceptors (Lipinski definition) is 7. The number of anilines is 2. The van der Waals surface area contributed by atoms with Gasteiger partial charge in [0.1, 0.15) is 23.6 Å². The van der Waals surface area contributed by atoms with Crippen LogP contribution < -0.4 is 24.8 Å². The minimum atomic E-state index is -0.255. The monoisotopic (exact) mass is 392 g/mol. The van der Waals surface area contributed by atoms with E-state index < -0.39 is 0 Å². The van der Waals surface area contributed by atoms with Crippen LogP contribution in [0.15, 0.2) is 54.9 Å². The molecule has 29 heavy (non-hydrogen) atoms. The van der Waals surface area contributed by atoms with Gasteiger partial charge in [-0.2, -0.15) is 0 Å². The van der Waals surface area contributed by atoms with E-state index in [9.17, 15) is 4.79 Å². The largest absolute Gasteiger partial charge is 0.497 e. The molecule has 1 aromatic heterocycles. The fraction of sp³-hybridized carbons (Fsp3) is 0.190. The van der Waals surface area contributed by atoms with Crippen LogP contribution in [-0.4, -0.2) is 36.3 Å². The van der Waals surface area contributed by atoms with Crippen LogP contribution in [0.5, 0.6) is 17.2 Å². The second kappa shape index (κ2) is 8.47. The van der Waals surface area contributed by atoms with Crippen LogP contribution in [0, 0.1) is 0 Å². The van der Waals surface area contributed by atoms with Crippen molar-refractivity contribution in [1.82, 2.24) is 15.3 Å². The molecule has 0 radical (unpaired) electrons. The molecule has 0 fully saturated rings. The van der Waals surface area contributed by atoms with E-state index in [4.69, 9.17) is 14.2 Å². The molecule has 2 N–H and O–H groups in total. The quantitative estimate of drug-likeness (QED) is 0.638. The molecule has 0 saturated heterocycles. The molecule has 2 aromatic carbocycles. The first-order valence-electron chi connectivity index (χ1n) is 9.11. The van der Waals surface area contributed by atoms with Crippen molar-refractivity contribution in [3.63, 3.8) is 0 Å². The molecule has 0 aliphatic carbocycles. The van der Waals surface area contributed by atoms with E-state index in [1.807, 2.05) is 42.5 Å². The molecule has 1 aliphatic heterocycles. The van der Waals surface area contributed by atoms with Gasteiger partial charge in [-0.25, -0.2) is 9.97 Å². The van der Waals surface area contributed by atoms with Gasteiger partial charge in [0.2, 0.25) is 6.79 Å². The maximum absolute atomic E-state index is 12.4. The molecular formula is C21H20N4O4. The molecule has 3 aromatic rings. The van der Waals surface area contributed by atoms with E-state index in [2.05, 4.69) is 20.6 Å². The van der Waals surface area contributed by atoms with Gasteiger partial charge in [-0.05, 0) is 36.2 Å². The van der Waals surface area contributed by atoms with E-state index in [-0.39, 0.29) is 18.4 Å². The Labute approximate surface area is 167 Å². The normalized spacial score (nSPS) is 11.8. The summed E-state index contributed by atoms with van der Waals surface area (Å²) in [6.07, 6.45) is 2.07. The molecule has 8 heteroatoms. The molecule has 1 aliphatic rings. The molecule has 0 atom stereocenters. The van der Waals surface area contributed by atoms with Crippen molar-refractivity contribution in [2.24, 2.45) is 0 Å². The van der Waals surface area contributed by atoms with Crippen molar-refractivity contribution in [3.05, 3.63) is 66.1 Å². The molecule has 0 spiro atoms. The summed E-state index contributed by atoms with van der Waals surface area (Å²) in [6, 6.07) is 14.8. The van der Waals surface area contributed by atoms with Gasteiger partial charge >= 0.3 is 0 Å². The third-order valence-electron chi connectivity index (χ3n) is 4.40. The zero-order valence-corrected chi connectivity index (χ0v) is 15.8.